The minimum atomic E-state index is -2.40. The zero-order valence-electron chi connectivity index (χ0n) is 10.8. The molecule has 0 saturated carbocycles. The minimum absolute atomic E-state index is 0.0306. The van der Waals surface area contributed by atoms with Crippen LogP contribution in [0.3, 0.4) is 0 Å². The van der Waals surface area contributed by atoms with Crippen molar-refractivity contribution in [2.75, 3.05) is 20.2 Å². The Bertz CT molecular complexity index is 462. The molecule has 0 bridgehead atoms. The van der Waals surface area contributed by atoms with E-state index in [0.717, 1.165) is 6.54 Å². The van der Waals surface area contributed by atoms with Crippen molar-refractivity contribution in [1.29, 1.82) is 0 Å². The molecule has 1 heterocycles. The van der Waals surface area contributed by atoms with E-state index in [9.17, 15) is 4.39 Å². The van der Waals surface area contributed by atoms with Crippen LogP contribution < -0.4 is 0 Å². The normalized spacial score (nSPS) is 24.7. The molecule has 0 aliphatic carbocycles. The van der Waals surface area contributed by atoms with E-state index in [4.69, 9.17) is 9.05 Å². The molecule has 0 aromatic heterocycles. The Hall–Kier alpha value is -0.740. The molecule has 1 fully saturated rings. The van der Waals surface area contributed by atoms with Gasteiger partial charge >= 0.3 is 0 Å². The fourth-order valence-electron chi connectivity index (χ4n) is 1.68. The molecule has 1 aliphatic heterocycles. The fourth-order valence-corrected chi connectivity index (χ4v) is 3.99. The zero-order valence-corrected chi connectivity index (χ0v) is 11.7. The standard InChI is InChI=1S/C12H18FN2O2P/c1-10(2)17-18(15(3)8-9-16-18)14-12-6-4-11(13)5-7-12/h4-7,10H,8-9H2,1-3H3. The molecule has 1 aromatic rings. The molecule has 0 N–H and O–H groups in total. The third-order valence-electron chi connectivity index (χ3n) is 2.52. The smallest absolute Gasteiger partial charge is 0.295 e. The van der Waals surface area contributed by atoms with Gasteiger partial charge in [0.1, 0.15) is 5.82 Å². The Morgan fingerprint density at radius 2 is 2.06 bits per heavy atom. The second-order valence-corrected chi connectivity index (χ2v) is 6.77. The first-order chi connectivity index (χ1) is 8.52. The van der Waals surface area contributed by atoms with E-state index < -0.39 is 7.66 Å². The fraction of sp³-hybridized carbons (Fsp3) is 0.500. The number of nitrogens with zero attached hydrogens (tertiary/aromatic N) is 2. The predicted molar refractivity (Wildman–Crippen MR) is 70.2 cm³/mol. The topological polar surface area (TPSA) is 34.1 Å². The summed E-state index contributed by atoms with van der Waals surface area (Å²) in [7, 11) is -0.455. The van der Waals surface area contributed by atoms with E-state index in [2.05, 4.69) is 4.74 Å². The van der Waals surface area contributed by atoms with Crippen molar-refractivity contribution >= 4 is 13.3 Å². The van der Waals surface area contributed by atoms with Gasteiger partial charge in [-0.05, 0) is 45.2 Å². The van der Waals surface area contributed by atoms with Gasteiger partial charge in [-0.25, -0.2) is 13.8 Å². The summed E-state index contributed by atoms with van der Waals surface area (Å²) in [6.45, 7) is 5.32. The summed E-state index contributed by atoms with van der Waals surface area (Å²) in [5.41, 5.74) is 0.680. The molecule has 18 heavy (non-hydrogen) atoms. The largest absolute Gasteiger partial charge is 0.310 e. The lowest BCUT2D eigenvalue weighted by Crippen LogP contribution is -2.13. The molecular weight excluding hydrogens is 254 g/mol. The van der Waals surface area contributed by atoms with Crippen LogP contribution in [0.5, 0.6) is 0 Å². The lowest BCUT2D eigenvalue weighted by Gasteiger charge is -2.26. The minimum Gasteiger partial charge on any atom is -0.310 e. The summed E-state index contributed by atoms with van der Waals surface area (Å²) in [4.78, 5) is 0. The lowest BCUT2D eigenvalue weighted by molar-refractivity contribution is 0.205. The van der Waals surface area contributed by atoms with Crippen LogP contribution in [0.15, 0.2) is 29.0 Å². The first kappa shape index (κ1) is 13.7. The molecule has 1 unspecified atom stereocenters. The summed E-state index contributed by atoms with van der Waals surface area (Å²) in [6, 6.07) is 6.05. The summed E-state index contributed by atoms with van der Waals surface area (Å²) < 4.78 is 31.1. The molecule has 100 valence electrons. The molecule has 2 rings (SSSR count). The Kier molecular flexibility index (Phi) is 4.17. The van der Waals surface area contributed by atoms with Crippen molar-refractivity contribution in [3.8, 4) is 0 Å². The average Bonchev–Trinajstić information content (AvgIpc) is 2.63. The van der Waals surface area contributed by atoms with Gasteiger partial charge in [-0.3, -0.25) is 0 Å². The number of hydrogen-bond acceptors (Lipinski definition) is 3. The Labute approximate surface area is 107 Å². The molecule has 0 amide bonds. The van der Waals surface area contributed by atoms with E-state index >= 15 is 0 Å². The quantitative estimate of drug-likeness (QED) is 0.785. The van der Waals surface area contributed by atoms with Crippen molar-refractivity contribution in [1.82, 2.24) is 4.67 Å². The van der Waals surface area contributed by atoms with Crippen LogP contribution in [0.4, 0.5) is 10.1 Å². The van der Waals surface area contributed by atoms with Gasteiger partial charge in [-0.15, -0.1) is 0 Å². The highest BCUT2D eigenvalue weighted by molar-refractivity contribution is 7.54. The highest BCUT2D eigenvalue weighted by Crippen LogP contribution is 2.60. The maximum absolute atomic E-state index is 12.9. The van der Waals surface area contributed by atoms with Gasteiger partial charge < -0.3 is 9.05 Å². The first-order valence-corrected chi connectivity index (χ1v) is 7.47. The van der Waals surface area contributed by atoms with Crippen molar-refractivity contribution in [2.45, 2.75) is 20.0 Å². The molecule has 1 atom stereocenters. The van der Waals surface area contributed by atoms with Gasteiger partial charge in [0.25, 0.3) is 7.66 Å². The third kappa shape index (κ3) is 2.98. The van der Waals surface area contributed by atoms with Gasteiger partial charge in [0.05, 0.1) is 18.4 Å². The van der Waals surface area contributed by atoms with Gasteiger partial charge in [0, 0.05) is 6.54 Å². The second-order valence-electron chi connectivity index (χ2n) is 4.44. The second kappa shape index (κ2) is 5.49. The van der Waals surface area contributed by atoms with Crippen LogP contribution in [0, 0.1) is 5.82 Å². The van der Waals surface area contributed by atoms with Gasteiger partial charge in [0.15, 0.2) is 0 Å². The zero-order chi connectivity index (χ0) is 13.2. The maximum Gasteiger partial charge on any atom is 0.295 e. The van der Waals surface area contributed by atoms with Crippen molar-refractivity contribution < 1.29 is 13.4 Å². The molecule has 1 aliphatic rings. The number of likely N-dealkylation sites (N-methyl/N-ethyl adjacent to an activating group) is 1. The van der Waals surface area contributed by atoms with Crippen LogP contribution in [-0.4, -0.2) is 31.0 Å². The molecule has 1 aromatic carbocycles. The number of rotatable bonds is 3. The summed E-state index contributed by atoms with van der Waals surface area (Å²) in [5.74, 6) is -0.271. The third-order valence-corrected chi connectivity index (χ3v) is 5.28. The van der Waals surface area contributed by atoms with Crippen LogP contribution in [-0.2, 0) is 9.05 Å². The predicted octanol–water partition coefficient (Wildman–Crippen LogP) is 3.79. The monoisotopic (exact) mass is 272 g/mol. The van der Waals surface area contributed by atoms with E-state index in [0.29, 0.717) is 12.3 Å². The van der Waals surface area contributed by atoms with Crippen LogP contribution in [0.25, 0.3) is 0 Å². The molecule has 0 spiro atoms. The molecule has 0 radical (unpaired) electrons. The van der Waals surface area contributed by atoms with E-state index in [1.54, 1.807) is 12.1 Å². The summed E-state index contributed by atoms with van der Waals surface area (Å²) in [6.07, 6.45) is 0.0306. The SMILES string of the molecule is CC(C)OP1(=Nc2ccc(F)cc2)OCCN1C. The molecule has 1 saturated heterocycles. The van der Waals surface area contributed by atoms with Gasteiger partial charge in [-0.2, -0.15) is 0 Å². The summed E-state index contributed by atoms with van der Waals surface area (Å²) in [5, 5.41) is 0. The highest BCUT2D eigenvalue weighted by Gasteiger charge is 2.34. The van der Waals surface area contributed by atoms with Crippen molar-refractivity contribution in [3.05, 3.63) is 30.1 Å². The molecular formula is C12H18FN2O2P. The lowest BCUT2D eigenvalue weighted by atomic mass is 10.3. The summed E-state index contributed by atoms with van der Waals surface area (Å²) >= 11 is 0. The highest BCUT2D eigenvalue weighted by atomic mass is 31.2. The van der Waals surface area contributed by atoms with Gasteiger partial charge in [0.2, 0.25) is 0 Å². The van der Waals surface area contributed by atoms with E-state index in [1.165, 1.54) is 12.1 Å². The van der Waals surface area contributed by atoms with Crippen LogP contribution in [0.1, 0.15) is 13.8 Å². The van der Waals surface area contributed by atoms with Gasteiger partial charge in [-0.1, -0.05) is 0 Å². The maximum atomic E-state index is 12.9. The van der Waals surface area contributed by atoms with Crippen LogP contribution >= 0.6 is 7.66 Å². The van der Waals surface area contributed by atoms with E-state index in [1.807, 2.05) is 25.6 Å². The number of hydrogen-bond donors (Lipinski definition) is 0. The number of halogens is 1. The van der Waals surface area contributed by atoms with Crippen molar-refractivity contribution in [3.63, 3.8) is 0 Å². The van der Waals surface area contributed by atoms with Crippen molar-refractivity contribution in [2.24, 2.45) is 4.74 Å². The first-order valence-electron chi connectivity index (χ1n) is 5.94. The average molecular weight is 272 g/mol. The van der Waals surface area contributed by atoms with Crippen LogP contribution in [0.2, 0.25) is 0 Å². The Morgan fingerprint density at radius 1 is 1.39 bits per heavy atom. The molecule has 6 heteroatoms. The van der Waals surface area contributed by atoms with E-state index in [-0.39, 0.29) is 11.9 Å². The number of benzene rings is 1. The Balaban J connectivity index is 2.37. The molecule has 4 nitrogen and oxygen atoms in total. The Morgan fingerprint density at radius 3 is 2.56 bits per heavy atom.